The van der Waals surface area contributed by atoms with Gasteiger partial charge in [-0.3, -0.25) is 14.4 Å². The van der Waals surface area contributed by atoms with Crippen LogP contribution in [0.2, 0.25) is 0 Å². The monoisotopic (exact) mass is 265 g/mol. The molecule has 2 heterocycles. The van der Waals surface area contributed by atoms with Crippen molar-refractivity contribution in [1.29, 1.82) is 0 Å². The highest BCUT2D eigenvalue weighted by Crippen LogP contribution is 2.35. The van der Waals surface area contributed by atoms with Gasteiger partial charge >= 0.3 is 5.97 Å². The maximum Gasteiger partial charge on any atom is 0.310 e. The van der Waals surface area contributed by atoms with Crippen molar-refractivity contribution in [3.05, 3.63) is 17.5 Å². The number of hydrogen-bond donors (Lipinski definition) is 1. The third-order valence-corrected chi connectivity index (χ3v) is 4.28. The Morgan fingerprint density at radius 3 is 2.79 bits per heavy atom. The summed E-state index contributed by atoms with van der Waals surface area (Å²) >= 11 is 0. The van der Waals surface area contributed by atoms with Gasteiger partial charge in [0.15, 0.2) is 0 Å². The number of carbonyl (C=O) groups is 1. The fourth-order valence-electron chi connectivity index (χ4n) is 2.96. The van der Waals surface area contributed by atoms with Gasteiger partial charge in [-0.1, -0.05) is 13.8 Å². The van der Waals surface area contributed by atoms with Crippen LogP contribution in [0.5, 0.6) is 0 Å². The van der Waals surface area contributed by atoms with Crippen LogP contribution in [0, 0.1) is 5.41 Å². The zero-order chi connectivity index (χ0) is 14.0. The van der Waals surface area contributed by atoms with Crippen LogP contribution in [0.1, 0.15) is 37.9 Å². The summed E-state index contributed by atoms with van der Waals surface area (Å²) in [5.74, 6) is -0.653. The molecule has 1 aromatic heterocycles. The molecule has 5 heteroatoms. The van der Waals surface area contributed by atoms with Crippen molar-refractivity contribution in [3.8, 4) is 0 Å². The Morgan fingerprint density at radius 2 is 2.26 bits per heavy atom. The van der Waals surface area contributed by atoms with Gasteiger partial charge in [-0.2, -0.15) is 5.10 Å². The van der Waals surface area contributed by atoms with Crippen molar-refractivity contribution in [1.82, 2.24) is 14.7 Å². The molecule has 1 atom stereocenters. The minimum absolute atomic E-state index is 0.547. The quantitative estimate of drug-likeness (QED) is 0.880. The fraction of sp³-hybridized carbons (Fsp3) is 0.714. The number of aromatic nitrogens is 2. The van der Waals surface area contributed by atoms with E-state index in [1.807, 2.05) is 24.9 Å². The number of nitrogens with zero attached hydrogens (tertiary/aromatic N) is 3. The molecule has 0 radical (unpaired) electrons. The Balaban J connectivity index is 2.07. The van der Waals surface area contributed by atoms with Gasteiger partial charge in [0.25, 0.3) is 0 Å². The molecule has 1 saturated heterocycles. The third-order valence-electron chi connectivity index (χ3n) is 4.28. The molecule has 1 fully saturated rings. The first kappa shape index (κ1) is 14.1. The number of aryl methyl sites for hydroxylation is 2. The van der Waals surface area contributed by atoms with Crippen LogP contribution in [-0.4, -0.2) is 38.8 Å². The number of carboxylic acid groups (broad SMARTS) is 1. The molecule has 106 valence electrons. The molecule has 19 heavy (non-hydrogen) atoms. The van der Waals surface area contributed by atoms with Gasteiger partial charge < -0.3 is 5.11 Å². The summed E-state index contributed by atoms with van der Waals surface area (Å²) < 4.78 is 1.84. The van der Waals surface area contributed by atoms with Crippen molar-refractivity contribution in [2.75, 3.05) is 13.1 Å². The Morgan fingerprint density at radius 1 is 1.53 bits per heavy atom. The van der Waals surface area contributed by atoms with Crippen molar-refractivity contribution in [2.45, 2.75) is 39.7 Å². The van der Waals surface area contributed by atoms with Gasteiger partial charge in [-0.15, -0.1) is 0 Å². The van der Waals surface area contributed by atoms with E-state index in [0.29, 0.717) is 13.0 Å². The standard InChI is InChI=1S/C14H23N3O2/c1-4-12-11(8-16(3)15-12)9-17-7-6-14(5-2,10-17)13(18)19/h8H,4-7,9-10H2,1-3H3,(H,18,19). The van der Waals surface area contributed by atoms with Gasteiger partial charge in [-0.25, -0.2) is 0 Å². The largest absolute Gasteiger partial charge is 0.481 e. The molecule has 0 aliphatic carbocycles. The van der Waals surface area contributed by atoms with E-state index in [9.17, 15) is 9.90 Å². The molecule has 1 aliphatic rings. The number of hydrogen-bond acceptors (Lipinski definition) is 3. The summed E-state index contributed by atoms with van der Waals surface area (Å²) in [7, 11) is 1.93. The Kier molecular flexibility index (Phi) is 3.94. The highest BCUT2D eigenvalue weighted by Gasteiger charge is 2.43. The first-order valence-electron chi connectivity index (χ1n) is 6.98. The predicted octanol–water partition coefficient (Wildman–Crippen LogP) is 1.67. The number of carboxylic acids is 1. The van der Waals surface area contributed by atoms with Crippen LogP contribution in [0.25, 0.3) is 0 Å². The van der Waals surface area contributed by atoms with Crippen LogP contribution >= 0.6 is 0 Å². The van der Waals surface area contributed by atoms with Gasteiger partial charge in [0.2, 0.25) is 0 Å². The van der Waals surface area contributed by atoms with E-state index in [1.165, 1.54) is 5.56 Å². The Labute approximate surface area is 114 Å². The predicted molar refractivity (Wildman–Crippen MR) is 72.8 cm³/mol. The van der Waals surface area contributed by atoms with Crippen LogP contribution in [0.15, 0.2) is 6.20 Å². The van der Waals surface area contributed by atoms with E-state index in [1.54, 1.807) is 0 Å². The SMILES string of the molecule is CCc1nn(C)cc1CN1CCC(CC)(C(=O)O)C1. The summed E-state index contributed by atoms with van der Waals surface area (Å²) in [5, 5.41) is 13.8. The molecule has 1 N–H and O–H groups in total. The Bertz CT molecular complexity index is 469. The number of aliphatic carboxylic acids is 1. The summed E-state index contributed by atoms with van der Waals surface area (Å²) in [6.07, 6.45) is 4.42. The van der Waals surface area contributed by atoms with Crippen molar-refractivity contribution >= 4 is 5.97 Å². The van der Waals surface area contributed by atoms with Crippen LogP contribution in [-0.2, 0) is 24.8 Å². The highest BCUT2D eigenvalue weighted by molar-refractivity contribution is 5.75. The van der Waals surface area contributed by atoms with Crippen LogP contribution in [0.3, 0.4) is 0 Å². The average molecular weight is 265 g/mol. The normalized spacial score (nSPS) is 23.9. The van der Waals surface area contributed by atoms with E-state index in [-0.39, 0.29) is 0 Å². The number of rotatable bonds is 5. The molecular weight excluding hydrogens is 242 g/mol. The first-order chi connectivity index (χ1) is 9.00. The minimum atomic E-state index is -0.653. The maximum atomic E-state index is 11.4. The molecular formula is C14H23N3O2. The number of likely N-dealkylation sites (tertiary alicyclic amines) is 1. The zero-order valence-electron chi connectivity index (χ0n) is 12.0. The molecule has 0 saturated carbocycles. The van der Waals surface area contributed by atoms with Gasteiger partial charge in [0, 0.05) is 31.9 Å². The lowest BCUT2D eigenvalue weighted by Gasteiger charge is -2.23. The van der Waals surface area contributed by atoms with Crippen LogP contribution in [0.4, 0.5) is 0 Å². The summed E-state index contributed by atoms with van der Waals surface area (Å²) in [6, 6.07) is 0. The molecule has 0 spiro atoms. The fourth-order valence-corrected chi connectivity index (χ4v) is 2.96. The van der Waals surface area contributed by atoms with E-state index in [4.69, 9.17) is 0 Å². The second kappa shape index (κ2) is 5.33. The van der Waals surface area contributed by atoms with Crippen molar-refractivity contribution < 1.29 is 9.90 Å². The zero-order valence-corrected chi connectivity index (χ0v) is 12.0. The van der Waals surface area contributed by atoms with Crippen molar-refractivity contribution in [2.24, 2.45) is 12.5 Å². The van der Waals surface area contributed by atoms with Gasteiger partial charge in [-0.05, 0) is 25.8 Å². The van der Waals surface area contributed by atoms with E-state index in [2.05, 4.69) is 16.9 Å². The van der Waals surface area contributed by atoms with Crippen LogP contribution < -0.4 is 0 Å². The second-order valence-electron chi connectivity index (χ2n) is 5.53. The van der Waals surface area contributed by atoms with Gasteiger partial charge in [0.1, 0.15) is 0 Å². The molecule has 5 nitrogen and oxygen atoms in total. The summed E-state index contributed by atoms with van der Waals surface area (Å²) in [4.78, 5) is 13.7. The van der Waals surface area contributed by atoms with E-state index >= 15 is 0 Å². The molecule has 1 aromatic rings. The topological polar surface area (TPSA) is 58.4 Å². The smallest absolute Gasteiger partial charge is 0.310 e. The van der Waals surface area contributed by atoms with Gasteiger partial charge in [0.05, 0.1) is 11.1 Å². The lowest BCUT2D eigenvalue weighted by atomic mass is 9.84. The highest BCUT2D eigenvalue weighted by atomic mass is 16.4. The molecule has 2 rings (SSSR count). The first-order valence-corrected chi connectivity index (χ1v) is 6.98. The van der Waals surface area contributed by atoms with E-state index < -0.39 is 11.4 Å². The molecule has 0 aromatic carbocycles. The lowest BCUT2D eigenvalue weighted by molar-refractivity contribution is -0.148. The summed E-state index contributed by atoms with van der Waals surface area (Å²) in [6.45, 7) is 6.39. The molecule has 0 bridgehead atoms. The van der Waals surface area contributed by atoms with Crippen molar-refractivity contribution in [3.63, 3.8) is 0 Å². The summed E-state index contributed by atoms with van der Waals surface area (Å²) in [5.41, 5.74) is 1.79. The Hall–Kier alpha value is -1.36. The molecule has 1 unspecified atom stereocenters. The second-order valence-corrected chi connectivity index (χ2v) is 5.53. The molecule has 0 amide bonds. The van der Waals surface area contributed by atoms with E-state index in [0.717, 1.165) is 31.6 Å². The average Bonchev–Trinajstić information content (AvgIpc) is 2.94. The third kappa shape index (κ3) is 2.66. The molecule has 1 aliphatic heterocycles. The minimum Gasteiger partial charge on any atom is -0.481 e. The maximum absolute atomic E-state index is 11.4. The lowest BCUT2D eigenvalue weighted by Crippen LogP contribution is -2.33.